The van der Waals surface area contributed by atoms with Crippen LogP contribution in [0, 0.1) is 0 Å². The maximum absolute atomic E-state index is 11.0. The van der Waals surface area contributed by atoms with Crippen LogP contribution in [0.1, 0.15) is 32.6 Å². The molecule has 0 amide bonds. The Hall–Kier alpha value is -1.27. The summed E-state index contributed by atoms with van der Waals surface area (Å²) in [7, 11) is -2.80. The van der Waals surface area contributed by atoms with Crippen LogP contribution in [-0.4, -0.2) is 26.7 Å². The van der Waals surface area contributed by atoms with Gasteiger partial charge in [-0.2, -0.15) is 8.42 Å². The quantitative estimate of drug-likeness (QED) is 0.588. The SMILES string of the molecule is CCCCCCOc1ccc(S(=O)(=O)O)cc1OC. The predicted molar refractivity (Wildman–Crippen MR) is 72.4 cm³/mol. The first-order valence-corrected chi connectivity index (χ1v) is 7.71. The molecule has 1 N–H and O–H groups in total. The van der Waals surface area contributed by atoms with E-state index in [2.05, 4.69) is 6.92 Å². The summed E-state index contributed by atoms with van der Waals surface area (Å²) < 4.78 is 41.6. The number of rotatable bonds is 8. The van der Waals surface area contributed by atoms with Gasteiger partial charge in [0, 0.05) is 6.07 Å². The molecule has 0 spiro atoms. The molecule has 0 saturated carbocycles. The molecule has 0 aliphatic heterocycles. The van der Waals surface area contributed by atoms with Crippen molar-refractivity contribution in [2.75, 3.05) is 13.7 Å². The second kappa shape index (κ2) is 7.35. The van der Waals surface area contributed by atoms with Gasteiger partial charge in [0.15, 0.2) is 11.5 Å². The third kappa shape index (κ3) is 5.08. The number of ether oxygens (including phenoxy) is 2. The lowest BCUT2D eigenvalue weighted by molar-refractivity contribution is 0.284. The van der Waals surface area contributed by atoms with Crippen LogP contribution in [0.3, 0.4) is 0 Å². The zero-order valence-corrected chi connectivity index (χ0v) is 12.1. The van der Waals surface area contributed by atoms with Crippen molar-refractivity contribution < 1.29 is 22.4 Å². The van der Waals surface area contributed by atoms with E-state index in [9.17, 15) is 8.42 Å². The highest BCUT2D eigenvalue weighted by atomic mass is 32.2. The Balaban J connectivity index is 2.69. The minimum Gasteiger partial charge on any atom is -0.493 e. The molecule has 0 heterocycles. The summed E-state index contributed by atoms with van der Waals surface area (Å²) in [5, 5.41) is 0. The average molecular weight is 288 g/mol. The van der Waals surface area contributed by atoms with E-state index in [1.54, 1.807) is 0 Å². The zero-order chi connectivity index (χ0) is 14.3. The molecule has 5 nitrogen and oxygen atoms in total. The van der Waals surface area contributed by atoms with Gasteiger partial charge in [-0.1, -0.05) is 26.2 Å². The van der Waals surface area contributed by atoms with E-state index in [1.165, 1.54) is 31.7 Å². The highest BCUT2D eigenvalue weighted by Gasteiger charge is 2.13. The molecule has 0 atom stereocenters. The van der Waals surface area contributed by atoms with Crippen LogP contribution in [0.15, 0.2) is 23.1 Å². The second-order valence-electron chi connectivity index (χ2n) is 4.20. The van der Waals surface area contributed by atoms with E-state index in [4.69, 9.17) is 14.0 Å². The molecule has 108 valence electrons. The van der Waals surface area contributed by atoms with E-state index < -0.39 is 10.1 Å². The van der Waals surface area contributed by atoms with E-state index in [0.29, 0.717) is 18.1 Å². The third-order valence-electron chi connectivity index (χ3n) is 2.69. The molecule has 0 aromatic heterocycles. The Labute approximate surface area is 114 Å². The van der Waals surface area contributed by atoms with Crippen molar-refractivity contribution >= 4 is 10.1 Å². The minimum atomic E-state index is -4.22. The molecule has 0 saturated heterocycles. The van der Waals surface area contributed by atoms with Crippen LogP contribution in [0.5, 0.6) is 11.5 Å². The number of hydrogen-bond acceptors (Lipinski definition) is 4. The fourth-order valence-corrected chi connectivity index (χ4v) is 2.13. The zero-order valence-electron chi connectivity index (χ0n) is 11.3. The fourth-order valence-electron chi connectivity index (χ4n) is 1.64. The monoisotopic (exact) mass is 288 g/mol. The molecular formula is C13H20O5S. The van der Waals surface area contributed by atoms with Crippen molar-refractivity contribution in [1.29, 1.82) is 0 Å². The summed E-state index contributed by atoms with van der Waals surface area (Å²) in [6.45, 7) is 2.69. The Morgan fingerprint density at radius 1 is 1.16 bits per heavy atom. The molecule has 1 aromatic carbocycles. The van der Waals surface area contributed by atoms with Gasteiger partial charge in [0.05, 0.1) is 18.6 Å². The molecule has 1 rings (SSSR count). The Bertz CT molecular complexity index is 496. The molecule has 0 bridgehead atoms. The van der Waals surface area contributed by atoms with E-state index in [-0.39, 0.29) is 4.90 Å². The molecule has 0 unspecified atom stereocenters. The molecule has 6 heteroatoms. The van der Waals surface area contributed by atoms with E-state index in [0.717, 1.165) is 19.3 Å². The number of benzene rings is 1. The highest BCUT2D eigenvalue weighted by Crippen LogP contribution is 2.29. The van der Waals surface area contributed by atoms with Gasteiger partial charge in [-0.25, -0.2) is 0 Å². The maximum atomic E-state index is 11.0. The van der Waals surface area contributed by atoms with Crippen molar-refractivity contribution in [3.8, 4) is 11.5 Å². The Morgan fingerprint density at radius 2 is 1.89 bits per heavy atom. The first-order valence-electron chi connectivity index (χ1n) is 6.27. The topological polar surface area (TPSA) is 72.8 Å². The number of unbranched alkanes of at least 4 members (excludes halogenated alkanes) is 3. The second-order valence-corrected chi connectivity index (χ2v) is 5.62. The lowest BCUT2D eigenvalue weighted by atomic mass is 10.2. The standard InChI is InChI=1S/C13H20O5S/c1-3-4-5-6-9-18-12-8-7-11(19(14,15)16)10-13(12)17-2/h7-8,10H,3-6,9H2,1-2H3,(H,14,15,16). The smallest absolute Gasteiger partial charge is 0.294 e. The van der Waals surface area contributed by atoms with Gasteiger partial charge in [0.1, 0.15) is 0 Å². The molecular weight excluding hydrogens is 268 g/mol. The van der Waals surface area contributed by atoms with Crippen molar-refractivity contribution in [3.05, 3.63) is 18.2 Å². The van der Waals surface area contributed by atoms with Crippen LogP contribution < -0.4 is 9.47 Å². The van der Waals surface area contributed by atoms with Gasteiger partial charge in [0.25, 0.3) is 10.1 Å². The summed E-state index contributed by atoms with van der Waals surface area (Å²) >= 11 is 0. The summed E-state index contributed by atoms with van der Waals surface area (Å²) in [6, 6.07) is 4.03. The van der Waals surface area contributed by atoms with Crippen LogP contribution in [-0.2, 0) is 10.1 Å². The van der Waals surface area contributed by atoms with Gasteiger partial charge in [-0.3, -0.25) is 4.55 Å². The number of methoxy groups -OCH3 is 1. The normalized spacial score (nSPS) is 11.3. The van der Waals surface area contributed by atoms with Crippen molar-refractivity contribution in [1.82, 2.24) is 0 Å². The molecule has 19 heavy (non-hydrogen) atoms. The minimum absolute atomic E-state index is 0.206. The summed E-state index contributed by atoms with van der Waals surface area (Å²) in [5.74, 6) is 0.775. The molecule has 0 fully saturated rings. The largest absolute Gasteiger partial charge is 0.493 e. The lowest BCUT2D eigenvalue weighted by Crippen LogP contribution is -2.02. The molecule has 1 aromatic rings. The highest BCUT2D eigenvalue weighted by molar-refractivity contribution is 7.85. The van der Waals surface area contributed by atoms with Gasteiger partial charge in [0.2, 0.25) is 0 Å². The van der Waals surface area contributed by atoms with Crippen LogP contribution >= 0.6 is 0 Å². The molecule has 0 aliphatic rings. The van der Waals surface area contributed by atoms with Gasteiger partial charge in [-0.15, -0.1) is 0 Å². The first-order chi connectivity index (χ1) is 8.99. The van der Waals surface area contributed by atoms with Crippen LogP contribution in [0.4, 0.5) is 0 Å². The summed E-state index contributed by atoms with van der Waals surface area (Å²) in [4.78, 5) is -0.206. The van der Waals surface area contributed by atoms with E-state index >= 15 is 0 Å². The third-order valence-corrected chi connectivity index (χ3v) is 3.54. The first kappa shape index (κ1) is 15.8. The van der Waals surface area contributed by atoms with Crippen molar-refractivity contribution in [2.24, 2.45) is 0 Å². The Morgan fingerprint density at radius 3 is 2.47 bits per heavy atom. The predicted octanol–water partition coefficient (Wildman–Crippen LogP) is 2.90. The van der Waals surface area contributed by atoms with Gasteiger partial charge >= 0.3 is 0 Å². The summed E-state index contributed by atoms with van der Waals surface area (Å²) in [5.41, 5.74) is 0. The van der Waals surface area contributed by atoms with Crippen LogP contribution in [0.2, 0.25) is 0 Å². The molecule has 0 radical (unpaired) electrons. The van der Waals surface area contributed by atoms with E-state index in [1.807, 2.05) is 0 Å². The fraction of sp³-hybridized carbons (Fsp3) is 0.538. The van der Waals surface area contributed by atoms with Gasteiger partial charge < -0.3 is 9.47 Å². The average Bonchev–Trinajstić information content (AvgIpc) is 2.37. The van der Waals surface area contributed by atoms with Crippen LogP contribution in [0.25, 0.3) is 0 Å². The summed E-state index contributed by atoms with van der Waals surface area (Å²) in [6.07, 6.45) is 4.37. The van der Waals surface area contributed by atoms with Crippen molar-refractivity contribution in [2.45, 2.75) is 37.5 Å². The Kier molecular flexibility index (Phi) is 6.11. The molecule has 0 aliphatic carbocycles. The van der Waals surface area contributed by atoms with Gasteiger partial charge in [-0.05, 0) is 18.6 Å². The lowest BCUT2D eigenvalue weighted by Gasteiger charge is -2.11. The maximum Gasteiger partial charge on any atom is 0.294 e. The number of hydrogen-bond donors (Lipinski definition) is 1. The van der Waals surface area contributed by atoms with Crippen molar-refractivity contribution in [3.63, 3.8) is 0 Å².